The van der Waals surface area contributed by atoms with Crippen LogP contribution in [0.25, 0.3) is 0 Å². The molecule has 2 aromatic rings. The smallest absolute Gasteiger partial charge is 0.326 e. The van der Waals surface area contributed by atoms with Crippen molar-refractivity contribution < 1.29 is 23.1 Å². The number of benzene rings is 2. The molecule has 0 heterocycles. The Labute approximate surface area is 159 Å². The van der Waals surface area contributed by atoms with Crippen LogP contribution < -0.4 is 5.32 Å². The molecule has 0 unspecified atom stereocenters. The zero-order valence-electron chi connectivity index (χ0n) is 15.5. The van der Waals surface area contributed by atoms with Crippen molar-refractivity contribution in [3.05, 3.63) is 65.2 Å². The third kappa shape index (κ3) is 5.40. The number of aliphatic carboxylic acids is 1. The molecule has 0 aromatic heterocycles. The van der Waals surface area contributed by atoms with Gasteiger partial charge in [0.05, 0.1) is 10.6 Å². The summed E-state index contributed by atoms with van der Waals surface area (Å²) in [4.78, 5) is 23.7. The summed E-state index contributed by atoms with van der Waals surface area (Å²) in [5.74, 6) is -2.05. The van der Waals surface area contributed by atoms with Crippen molar-refractivity contribution in [2.24, 2.45) is 5.92 Å². The summed E-state index contributed by atoms with van der Waals surface area (Å²) in [5.41, 5.74) is 1.80. The SMILES string of the molecule is Cc1ccc(S(=O)(=O)Cc2ccc(C(=O)N[C@@H](C(=O)O)C(C)C)cc2)cc1. The van der Waals surface area contributed by atoms with Gasteiger partial charge in [0.1, 0.15) is 6.04 Å². The number of aryl methyl sites for hydroxylation is 1. The second-order valence-corrected chi connectivity index (χ2v) is 8.79. The first kappa shape index (κ1) is 20.6. The van der Waals surface area contributed by atoms with Crippen LogP contribution in [-0.2, 0) is 20.4 Å². The Hall–Kier alpha value is -2.67. The van der Waals surface area contributed by atoms with Crippen LogP contribution in [0.15, 0.2) is 53.4 Å². The molecule has 144 valence electrons. The summed E-state index contributed by atoms with van der Waals surface area (Å²) in [5, 5.41) is 11.6. The minimum atomic E-state index is -3.48. The van der Waals surface area contributed by atoms with Gasteiger partial charge < -0.3 is 10.4 Å². The maximum Gasteiger partial charge on any atom is 0.326 e. The molecule has 0 aliphatic heterocycles. The fraction of sp³-hybridized carbons (Fsp3) is 0.300. The fourth-order valence-corrected chi connectivity index (χ4v) is 3.89. The van der Waals surface area contributed by atoms with Gasteiger partial charge in [0.15, 0.2) is 9.84 Å². The van der Waals surface area contributed by atoms with E-state index in [4.69, 9.17) is 5.11 Å². The second kappa shape index (κ2) is 8.35. The molecule has 0 saturated heterocycles. The zero-order valence-corrected chi connectivity index (χ0v) is 16.3. The van der Waals surface area contributed by atoms with Gasteiger partial charge in [-0.25, -0.2) is 13.2 Å². The van der Waals surface area contributed by atoms with E-state index in [1.165, 1.54) is 12.1 Å². The van der Waals surface area contributed by atoms with Gasteiger partial charge >= 0.3 is 5.97 Å². The van der Waals surface area contributed by atoms with Crippen molar-refractivity contribution in [2.45, 2.75) is 37.5 Å². The van der Waals surface area contributed by atoms with Gasteiger partial charge in [-0.05, 0) is 42.7 Å². The molecule has 7 heteroatoms. The number of hydrogen-bond donors (Lipinski definition) is 2. The van der Waals surface area contributed by atoms with Gasteiger partial charge in [-0.1, -0.05) is 43.7 Å². The Morgan fingerprint density at radius 3 is 2.04 bits per heavy atom. The van der Waals surface area contributed by atoms with Crippen LogP contribution >= 0.6 is 0 Å². The van der Waals surface area contributed by atoms with Crippen LogP contribution in [0.1, 0.15) is 35.3 Å². The van der Waals surface area contributed by atoms with Gasteiger partial charge in [0.2, 0.25) is 0 Å². The Kier molecular flexibility index (Phi) is 6.38. The van der Waals surface area contributed by atoms with E-state index in [2.05, 4.69) is 5.32 Å². The lowest BCUT2D eigenvalue weighted by Crippen LogP contribution is -2.44. The van der Waals surface area contributed by atoms with Gasteiger partial charge in [0, 0.05) is 5.56 Å². The number of amides is 1. The molecule has 1 amide bonds. The summed E-state index contributed by atoms with van der Waals surface area (Å²) in [6.45, 7) is 5.30. The number of sulfone groups is 1. The molecule has 0 aliphatic carbocycles. The van der Waals surface area contributed by atoms with Crippen LogP contribution in [0.5, 0.6) is 0 Å². The van der Waals surface area contributed by atoms with E-state index < -0.39 is 27.8 Å². The Balaban J connectivity index is 2.11. The normalized spacial score (nSPS) is 12.6. The number of hydrogen-bond acceptors (Lipinski definition) is 4. The van der Waals surface area contributed by atoms with E-state index in [1.54, 1.807) is 50.2 Å². The van der Waals surface area contributed by atoms with Crippen LogP contribution in [0.4, 0.5) is 0 Å². The summed E-state index contributed by atoms with van der Waals surface area (Å²) in [7, 11) is -3.48. The summed E-state index contributed by atoms with van der Waals surface area (Å²) in [6.07, 6.45) is 0. The second-order valence-electron chi connectivity index (χ2n) is 6.80. The first-order chi connectivity index (χ1) is 12.6. The molecule has 2 aromatic carbocycles. The number of carboxylic acids is 1. The van der Waals surface area contributed by atoms with Crippen molar-refractivity contribution in [3.63, 3.8) is 0 Å². The highest BCUT2D eigenvalue weighted by Crippen LogP contribution is 2.17. The molecule has 6 nitrogen and oxygen atoms in total. The van der Waals surface area contributed by atoms with Crippen LogP contribution in [-0.4, -0.2) is 31.4 Å². The van der Waals surface area contributed by atoms with E-state index in [-0.39, 0.29) is 22.1 Å². The van der Waals surface area contributed by atoms with Gasteiger partial charge in [0.25, 0.3) is 5.91 Å². The summed E-state index contributed by atoms with van der Waals surface area (Å²) < 4.78 is 25.0. The fourth-order valence-electron chi connectivity index (χ4n) is 2.54. The van der Waals surface area contributed by atoms with Crippen molar-refractivity contribution in [1.82, 2.24) is 5.32 Å². The van der Waals surface area contributed by atoms with Gasteiger partial charge in [-0.15, -0.1) is 0 Å². The summed E-state index contributed by atoms with van der Waals surface area (Å²) in [6, 6.07) is 11.8. The molecule has 0 radical (unpaired) electrons. The van der Waals surface area contributed by atoms with E-state index >= 15 is 0 Å². The quantitative estimate of drug-likeness (QED) is 0.758. The van der Waals surface area contributed by atoms with Crippen molar-refractivity contribution in [3.8, 4) is 0 Å². The highest BCUT2D eigenvalue weighted by molar-refractivity contribution is 7.90. The average Bonchev–Trinajstić information content (AvgIpc) is 2.59. The monoisotopic (exact) mass is 389 g/mol. The van der Waals surface area contributed by atoms with Crippen LogP contribution in [0, 0.1) is 12.8 Å². The molecule has 2 N–H and O–H groups in total. The minimum absolute atomic E-state index is 0.179. The van der Waals surface area contributed by atoms with Crippen molar-refractivity contribution in [1.29, 1.82) is 0 Å². The Morgan fingerprint density at radius 2 is 1.56 bits per heavy atom. The van der Waals surface area contributed by atoms with Gasteiger partial charge in [-0.2, -0.15) is 0 Å². The topological polar surface area (TPSA) is 101 Å². The maximum absolute atomic E-state index is 12.5. The Morgan fingerprint density at radius 1 is 1.00 bits per heavy atom. The summed E-state index contributed by atoms with van der Waals surface area (Å²) >= 11 is 0. The minimum Gasteiger partial charge on any atom is -0.480 e. The van der Waals surface area contributed by atoms with Crippen molar-refractivity contribution in [2.75, 3.05) is 0 Å². The number of carboxylic acid groups (broad SMARTS) is 1. The van der Waals surface area contributed by atoms with E-state index in [9.17, 15) is 18.0 Å². The molecule has 0 aliphatic rings. The number of rotatable bonds is 7. The van der Waals surface area contributed by atoms with Crippen LogP contribution in [0.2, 0.25) is 0 Å². The highest BCUT2D eigenvalue weighted by Gasteiger charge is 2.24. The maximum atomic E-state index is 12.5. The molecular formula is C20H23NO5S. The lowest BCUT2D eigenvalue weighted by molar-refractivity contribution is -0.140. The first-order valence-corrected chi connectivity index (χ1v) is 10.2. The van der Waals surface area contributed by atoms with Crippen molar-refractivity contribution >= 4 is 21.7 Å². The molecule has 0 bridgehead atoms. The zero-order chi connectivity index (χ0) is 20.2. The van der Waals surface area contributed by atoms with Gasteiger partial charge in [-0.3, -0.25) is 4.79 Å². The molecule has 0 fully saturated rings. The lowest BCUT2D eigenvalue weighted by Gasteiger charge is -2.18. The highest BCUT2D eigenvalue weighted by atomic mass is 32.2. The molecule has 0 spiro atoms. The molecule has 1 atom stereocenters. The lowest BCUT2D eigenvalue weighted by atomic mass is 10.0. The number of carbonyl (C=O) groups is 2. The van der Waals surface area contributed by atoms with E-state index in [1.807, 2.05) is 6.92 Å². The molecule has 2 rings (SSSR count). The first-order valence-electron chi connectivity index (χ1n) is 8.52. The van der Waals surface area contributed by atoms with E-state index in [0.717, 1.165) is 5.56 Å². The number of carbonyl (C=O) groups excluding carboxylic acids is 1. The number of nitrogens with one attached hydrogen (secondary N) is 1. The standard InChI is InChI=1S/C20H23NO5S/c1-13(2)18(20(23)24)21-19(22)16-8-6-15(7-9-16)12-27(25,26)17-10-4-14(3)5-11-17/h4-11,13,18H,12H2,1-3H3,(H,21,22)(H,23,24)/t18-/m1/s1. The predicted octanol–water partition coefficient (Wildman–Crippen LogP) is 2.81. The Bertz CT molecular complexity index is 916. The largest absolute Gasteiger partial charge is 0.480 e. The predicted molar refractivity (Wildman–Crippen MR) is 102 cm³/mol. The van der Waals surface area contributed by atoms with E-state index in [0.29, 0.717) is 5.56 Å². The third-order valence-electron chi connectivity index (χ3n) is 4.17. The third-order valence-corrected chi connectivity index (χ3v) is 5.88. The molecule has 27 heavy (non-hydrogen) atoms. The molecular weight excluding hydrogens is 366 g/mol. The molecule has 0 saturated carbocycles. The van der Waals surface area contributed by atoms with Crippen LogP contribution in [0.3, 0.4) is 0 Å². The average molecular weight is 389 g/mol.